The lowest BCUT2D eigenvalue weighted by atomic mass is 9.89. The molecule has 1 saturated heterocycles. The van der Waals surface area contributed by atoms with Gasteiger partial charge in [-0.05, 0) is 43.2 Å². The summed E-state index contributed by atoms with van der Waals surface area (Å²) < 4.78 is 33.8. The van der Waals surface area contributed by atoms with E-state index in [1.54, 1.807) is 0 Å². The van der Waals surface area contributed by atoms with Crippen LogP contribution < -0.4 is 5.32 Å². The highest BCUT2D eigenvalue weighted by atomic mass is 19.4. The molecule has 2 N–H and O–H groups in total. The SMILES string of the molecule is CCc1ccc(CN2CC3Cc4nnc(C(=O)NC(C)C)n4CC3C2)cc1.O=C(O)C(F)(F)F. The van der Waals surface area contributed by atoms with Crippen molar-refractivity contribution in [3.8, 4) is 0 Å². The second-order valence-corrected chi connectivity index (χ2v) is 9.07. The Labute approximate surface area is 196 Å². The minimum absolute atomic E-state index is 0.0999. The molecular formula is C23H30F3N5O3. The van der Waals surface area contributed by atoms with E-state index < -0.39 is 12.1 Å². The molecule has 2 unspecified atom stereocenters. The molecule has 4 rings (SSSR count). The number of halogens is 3. The van der Waals surface area contributed by atoms with Crippen LogP contribution in [0.3, 0.4) is 0 Å². The Morgan fingerprint density at radius 1 is 1.09 bits per heavy atom. The van der Waals surface area contributed by atoms with Gasteiger partial charge in [0, 0.05) is 38.6 Å². The van der Waals surface area contributed by atoms with Crippen LogP contribution in [0.2, 0.25) is 0 Å². The van der Waals surface area contributed by atoms with E-state index in [1.807, 2.05) is 18.4 Å². The Bertz CT molecular complexity index is 1000. The maximum absolute atomic E-state index is 12.4. The Balaban J connectivity index is 0.000000406. The summed E-state index contributed by atoms with van der Waals surface area (Å²) in [5.74, 6) is -0.280. The molecule has 2 aromatic rings. The summed E-state index contributed by atoms with van der Waals surface area (Å²) in [6.07, 6.45) is -3.09. The highest BCUT2D eigenvalue weighted by Crippen LogP contribution is 2.33. The van der Waals surface area contributed by atoms with Crippen molar-refractivity contribution in [2.24, 2.45) is 11.8 Å². The number of nitrogens with one attached hydrogen (secondary N) is 1. The Kier molecular flexibility index (Phi) is 7.96. The van der Waals surface area contributed by atoms with E-state index in [2.05, 4.69) is 51.6 Å². The van der Waals surface area contributed by atoms with Crippen LogP contribution in [0.15, 0.2) is 24.3 Å². The second kappa shape index (κ2) is 10.5. The van der Waals surface area contributed by atoms with Gasteiger partial charge in [-0.15, -0.1) is 10.2 Å². The first-order chi connectivity index (χ1) is 16.0. The first kappa shape index (κ1) is 25.7. The number of carbonyl (C=O) groups is 2. The lowest BCUT2D eigenvalue weighted by Crippen LogP contribution is -2.35. The van der Waals surface area contributed by atoms with Gasteiger partial charge in [0.15, 0.2) is 0 Å². The number of aromatic nitrogens is 3. The van der Waals surface area contributed by atoms with E-state index in [0.29, 0.717) is 17.7 Å². The molecule has 0 radical (unpaired) electrons. The molecule has 0 aliphatic carbocycles. The minimum Gasteiger partial charge on any atom is -0.475 e. The van der Waals surface area contributed by atoms with Gasteiger partial charge in [0.05, 0.1) is 0 Å². The molecule has 186 valence electrons. The average Bonchev–Trinajstić information content (AvgIpc) is 3.34. The van der Waals surface area contributed by atoms with Gasteiger partial charge in [0.25, 0.3) is 5.91 Å². The summed E-state index contributed by atoms with van der Waals surface area (Å²) in [5.41, 5.74) is 2.77. The number of nitrogens with zero attached hydrogens (tertiary/aromatic N) is 4. The fraction of sp³-hybridized carbons (Fsp3) is 0.565. The van der Waals surface area contributed by atoms with E-state index in [9.17, 15) is 18.0 Å². The monoisotopic (exact) mass is 481 g/mol. The smallest absolute Gasteiger partial charge is 0.475 e. The van der Waals surface area contributed by atoms with E-state index in [1.165, 1.54) is 11.1 Å². The highest BCUT2D eigenvalue weighted by molar-refractivity contribution is 5.90. The summed E-state index contributed by atoms with van der Waals surface area (Å²) >= 11 is 0. The topological polar surface area (TPSA) is 100 Å². The number of benzene rings is 1. The van der Waals surface area contributed by atoms with Gasteiger partial charge in [-0.3, -0.25) is 9.69 Å². The molecule has 0 spiro atoms. The van der Waals surface area contributed by atoms with Crippen molar-refractivity contribution in [3.63, 3.8) is 0 Å². The summed E-state index contributed by atoms with van der Waals surface area (Å²) in [5, 5.41) is 18.5. The van der Waals surface area contributed by atoms with Gasteiger partial charge in [-0.25, -0.2) is 4.79 Å². The van der Waals surface area contributed by atoms with Gasteiger partial charge in [0.1, 0.15) is 5.82 Å². The summed E-state index contributed by atoms with van der Waals surface area (Å²) in [7, 11) is 0. The molecule has 3 heterocycles. The Hall–Kier alpha value is -2.95. The van der Waals surface area contributed by atoms with Crippen molar-refractivity contribution < 1.29 is 27.9 Å². The molecule has 1 amide bonds. The van der Waals surface area contributed by atoms with Crippen LogP contribution in [0.5, 0.6) is 0 Å². The number of carbonyl (C=O) groups excluding carboxylic acids is 1. The van der Waals surface area contributed by atoms with E-state index in [-0.39, 0.29) is 11.9 Å². The largest absolute Gasteiger partial charge is 0.490 e. The van der Waals surface area contributed by atoms with E-state index >= 15 is 0 Å². The predicted molar refractivity (Wildman–Crippen MR) is 118 cm³/mol. The van der Waals surface area contributed by atoms with Crippen LogP contribution in [0.25, 0.3) is 0 Å². The van der Waals surface area contributed by atoms with Crippen LogP contribution in [-0.2, 0) is 30.7 Å². The lowest BCUT2D eigenvalue weighted by molar-refractivity contribution is -0.192. The van der Waals surface area contributed by atoms with Crippen molar-refractivity contribution in [1.29, 1.82) is 0 Å². The first-order valence-electron chi connectivity index (χ1n) is 11.3. The average molecular weight is 482 g/mol. The van der Waals surface area contributed by atoms with Crippen molar-refractivity contribution in [2.45, 2.75) is 58.9 Å². The molecule has 2 aliphatic heterocycles. The summed E-state index contributed by atoms with van der Waals surface area (Å²) in [6, 6.07) is 9.08. The van der Waals surface area contributed by atoms with Gasteiger partial charge in [-0.2, -0.15) is 13.2 Å². The number of alkyl halides is 3. The molecule has 1 fully saturated rings. The van der Waals surface area contributed by atoms with Gasteiger partial charge in [0.2, 0.25) is 5.82 Å². The van der Waals surface area contributed by atoms with Crippen molar-refractivity contribution >= 4 is 11.9 Å². The number of carboxylic acid groups (broad SMARTS) is 1. The highest BCUT2D eigenvalue weighted by Gasteiger charge is 2.39. The van der Waals surface area contributed by atoms with Crippen LogP contribution >= 0.6 is 0 Å². The van der Waals surface area contributed by atoms with Gasteiger partial charge < -0.3 is 15.0 Å². The molecule has 2 atom stereocenters. The number of rotatable bonds is 5. The first-order valence-corrected chi connectivity index (χ1v) is 11.3. The molecule has 11 heteroatoms. The number of carboxylic acids is 1. The number of fused-ring (bicyclic) bond motifs is 2. The zero-order valence-corrected chi connectivity index (χ0v) is 19.5. The molecule has 1 aromatic heterocycles. The number of aliphatic carboxylic acids is 1. The second-order valence-electron chi connectivity index (χ2n) is 9.07. The third-order valence-corrected chi connectivity index (χ3v) is 6.04. The van der Waals surface area contributed by atoms with Crippen molar-refractivity contribution in [2.75, 3.05) is 13.1 Å². The molecular weight excluding hydrogens is 451 g/mol. The fourth-order valence-corrected chi connectivity index (χ4v) is 4.38. The summed E-state index contributed by atoms with van der Waals surface area (Å²) in [6.45, 7) is 10.1. The minimum atomic E-state index is -5.08. The molecule has 0 bridgehead atoms. The lowest BCUT2D eigenvalue weighted by Gasteiger charge is -2.25. The third kappa shape index (κ3) is 6.34. The van der Waals surface area contributed by atoms with Crippen molar-refractivity contribution in [3.05, 3.63) is 47.0 Å². The molecule has 1 aromatic carbocycles. The van der Waals surface area contributed by atoms with Gasteiger partial charge >= 0.3 is 12.1 Å². The van der Waals surface area contributed by atoms with E-state index in [4.69, 9.17) is 9.90 Å². The third-order valence-electron chi connectivity index (χ3n) is 6.04. The van der Waals surface area contributed by atoms with Gasteiger partial charge in [-0.1, -0.05) is 31.2 Å². The molecule has 2 aliphatic rings. The van der Waals surface area contributed by atoms with Crippen LogP contribution in [0, 0.1) is 11.8 Å². The maximum atomic E-state index is 12.4. The van der Waals surface area contributed by atoms with Crippen LogP contribution in [-0.4, -0.2) is 62.0 Å². The van der Waals surface area contributed by atoms with Crippen LogP contribution in [0.4, 0.5) is 13.2 Å². The normalized spacial score (nSPS) is 19.7. The number of amides is 1. The number of likely N-dealkylation sites (tertiary alicyclic amines) is 1. The molecule has 8 nitrogen and oxygen atoms in total. The Morgan fingerprint density at radius 3 is 2.24 bits per heavy atom. The number of aryl methyl sites for hydroxylation is 1. The zero-order chi connectivity index (χ0) is 25.0. The zero-order valence-electron chi connectivity index (χ0n) is 19.5. The Morgan fingerprint density at radius 2 is 1.68 bits per heavy atom. The predicted octanol–water partition coefficient (Wildman–Crippen LogP) is 2.92. The number of hydrogen-bond donors (Lipinski definition) is 2. The quantitative estimate of drug-likeness (QED) is 0.681. The van der Waals surface area contributed by atoms with Crippen molar-refractivity contribution in [1.82, 2.24) is 25.0 Å². The maximum Gasteiger partial charge on any atom is 0.490 e. The standard InChI is InChI=1S/C21H29N5O.C2HF3O2/c1-4-15-5-7-16(8-6-15)10-25-11-17-9-19-23-24-20(21(27)22-14(2)3)26(19)13-18(17)12-25;3-2(4,5)1(6)7/h5-8,14,17-18H,4,9-13H2,1-3H3,(H,22,27);(H,6,7). The van der Waals surface area contributed by atoms with Crippen LogP contribution in [0.1, 0.15) is 48.3 Å². The molecule has 0 saturated carbocycles. The molecule has 34 heavy (non-hydrogen) atoms. The summed E-state index contributed by atoms with van der Waals surface area (Å²) in [4.78, 5) is 23.8. The van der Waals surface area contributed by atoms with E-state index in [0.717, 1.165) is 44.8 Å². The number of hydrogen-bond acceptors (Lipinski definition) is 5. The fourth-order valence-electron chi connectivity index (χ4n) is 4.38.